The third-order valence-electron chi connectivity index (χ3n) is 4.05. The number of rotatable bonds is 3. The Hall–Kier alpha value is -1.29. The van der Waals surface area contributed by atoms with Crippen LogP contribution in [0.2, 0.25) is 0 Å². The molecule has 2 heterocycles. The molecule has 2 fully saturated rings. The Morgan fingerprint density at radius 2 is 2.17 bits per heavy atom. The first-order valence-corrected chi connectivity index (χ1v) is 6.93. The van der Waals surface area contributed by atoms with E-state index in [1.165, 1.54) is 19.4 Å². The van der Waals surface area contributed by atoms with Crippen LogP contribution in [0.3, 0.4) is 0 Å². The summed E-state index contributed by atoms with van der Waals surface area (Å²) in [6, 6.07) is 4.58. The molecule has 0 spiro atoms. The van der Waals surface area contributed by atoms with Crippen LogP contribution in [-0.2, 0) is 0 Å². The van der Waals surface area contributed by atoms with Crippen LogP contribution in [0.15, 0.2) is 18.3 Å². The molecule has 0 radical (unpaired) electrons. The van der Waals surface area contributed by atoms with E-state index < -0.39 is 0 Å². The number of nitrogens with zero attached hydrogens (tertiary/aromatic N) is 3. The third-order valence-corrected chi connectivity index (χ3v) is 4.05. The number of aromatic nitrogens is 1. The molecule has 0 aromatic carbocycles. The van der Waals surface area contributed by atoms with Crippen LogP contribution in [0.25, 0.3) is 0 Å². The lowest BCUT2D eigenvalue weighted by molar-refractivity contribution is 0.181. The van der Waals surface area contributed by atoms with E-state index in [2.05, 4.69) is 21.7 Å². The minimum Gasteiger partial charge on any atom is -0.397 e. The van der Waals surface area contributed by atoms with Crippen molar-refractivity contribution in [3.05, 3.63) is 18.3 Å². The van der Waals surface area contributed by atoms with Crippen LogP contribution < -0.4 is 10.6 Å². The van der Waals surface area contributed by atoms with Crippen molar-refractivity contribution in [3.63, 3.8) is 0 Å². The summed E-state index contributed by atoms with van der Waals surface area (Å²) in [5, 5.41) is 0. The Balaban J connectivity index is 1.61. The van der Waals surface area contributed by atoms with Gasteiger partial charge in [0.15, 0.2) is 0 Å². The summed E-state index contributed by atoms with van der Waals surface area (Å²) in [5.74, 6) is 2.04. The van der Waals surface area contributed by atoms with Gasteiger partial charge in [0.05, 0.1) is 11.9 Å². The first-order valence-electron chi connectivity index (χ1n) is 6.93. The number of piperazine rings is 1. The molecule has 2 N–H and O–H groups in total. The minimum absolute atomic E-state index is 0.624. The Kier molecular flexibility index (Phi) is 3.12. The topological polar surface area (TPSA) is 45.4 Å². The molecule has 1 saturated heterocycles. The monoisotopic (exact) mass is 246 g/mol. The number of anilines is 2. The summed E-state index contributed by atoms with van der Waals surface area (Å²) in [6.07, 6.45) is 4.62. The van der Waals surface area contributed by atoms with Crippen molar-refractivity contribution in [3.8, 4) is 0 Å². The number of hydrogen-bond donors (Lipinski definition) is 1. The maximum atomic E-state index is 5.68. The van der Waals surface area contributed by atoms with Gasteiger partial charge in [-0.1, -0.05) is 0 Å². The Morgan fingerprint density at radius 1 is 1.33 bits per heavy atom. The highest BCUT2D eigenvalue weighted by atomic mass is 15.3. The molecule has 3 rings (SSSR count). The lowest BCUT2D eigenvalue weighted by Crippen LogP contribution is -2.52. The maximum absolute atomic E-state index is 5.68. The second kappa shape index (κ2) is 4.76. The van der Waals surface area contributed by atoms with Crippen molar-refractivity contribution in [2.75, 3.05) is 36.8 Å². The molecular formula is C14H22N4. The quantitative estimate of drug-likeness (QED) is 0.879. The second-order valence-electron chi connectivity index (χ2n) is 5.68. The molecule has 1 aliphatic carbocycles. The number of pyridine rings is 1. The van der Waals surface area contributed by atoms with Gasteiger partial charge in [-0.05, 0) is 37.8 Å². The SMILES string of the molecule is CC1CN(c2ccc(N)cn2)CCN1CC1CC1. The highest BCUT2D eigenvalue weighted by molar-refractivity contribution is 5.46. The highest BCUT2D eigenvalue weighted by Gasteiger charge is 2.30. The maximum Gasteiger partial charge on any atom is 0.128 e. The third kappa shape index (κ3) is 2.58. The van der Waals surface area contributed by atoms with Crippen molar-refractivity contribution in [1.29, 1.82) is 0 Å². The molecule has 4 heteroatoms. The fourth-order valence-corrected chi connectivity index (χ4v) is 2.69. The zero-order valence-corrected chi connectivity index (χ0v) is 11.0. The van der Waals surface area contributed by atoms with E-state index >= 15 is 0 Å². The average Bonchev–Trinajstić information content (AvgIpc) is 3.17. The smallest absolute Gasteiger partial charge is 0.128 e. The van der Waals surface area contributed by atoms with E-state index in [9.17, 15) is 0 Å². The summed E-state index contributed by atoms with van der Waals surface area (Å²) in [4.78, 5) is 9.42. The van der Waals surface area contributed by atoms with Gasteiger partial charge in [-0.2, -0.15) is 0 Å². The standard InChI is InChI=1S/C14H22N4/c1-11-9-18(14-5-4-13(15)8-16-14)7-6-17(11)10-12-2-3-12/h4-5,8,11-12H,2-3,6-7,9-10,15H2,1H3. The van der Waals surface area contributed by atoms with E-state index in [-0.39, 0.29) is 0 Å². The normalized spacial score (nSPS) is 25.4. The van der Waals surface area contributed by atoms with Gasteiger partial charge in [-0.15, -0.1) is 0 Å². The number of hydrogen-bond acceptors (Lipinski definition) is 4. The number of nitrogen functional groups attached to an aromatic ring is 1. The molecule has 1 aromatic rings. The van der Waals surface area contributed by atoms with Gasteiger partial charge in [0, 0.05) is 32.2 Å². The summed E-state index contributed by atoms with van der Waals surface area (Å²) in [5.41, 5.74) is 6.41. The molecule has 1 saturated carbocycles. The highest BCUT2D eigenvalue weighted by Crippen LogP contribution is 2.31. The largest absolute Gasteiger partial charge is 0.397 e. The molecule has 1 unspecified atom stereocenters. The molecule has 1 aromatic heterocycles. The Morgan fingerprint density at radius 3 is 2.78 bits per heavy atom. The van der Waals surface area contributed by atoms with E-state index in [4.69, 9.17) is 5.73 Å². The van der Waals surface area contributed by atoms with E-state index in [1.807, 2.05) is 12.1 Å². The molecule has 4 nitrogen and oxygen atoms in total. The summed E-state index contributed by atoms with van der Waals surface area (Å²) < 4.78 is 0. The zero-order valence-electron chi connectivity index (χ0n) is 11.0. The van der Waals surface area contributed by atoms with Crippen LogP contribution in [-0.4, -0.2) is 42.1 Å². The molecule has 0 bridgehead atoms. The molecular weight excluding hydrogens is 224 g/mol. The fourth-order valence-electron chi connectivity index (χ4n) is 2.69. The van der Waals surface area contributed by atoms with Crippen LogP contribution in [0, 0.1) is 5.92 Å². The molecule has 1 aliphatic heterocycles. The van der Waals surface area contributed by atoms with Crippen molar-refractivity contribution in [2.24, 2.45) is 5.92 Å². The molecule has 2 aliphatic rings. The summed E-state index contributed by atoms with van der Waals surface area (Å²) >= 11 is 0. The van der Waals surface area contributed by atoms with Gasteiger partial charge in [0.25, 0.3) is 0 Å². The first kappa shape index (κ1) is 11.8. The van der Waals surface area contributed by atoms with Crippen molar-refractivity contribution in [1.82, 2.24) is 9.88 Å². The van der Waals surface area contributed by atoms with Gasteiger partial charge in [0.2, 0.25) is 0 Å². The lowest BCUT2D eigenvalue weighted by atomic mass is 10.1. The van der Waals surface area contributed by atoms with Crippen molar-refractivity contribution in [2.45, 2.75) is 25.8 Å². The summed E-state index contributed by atoms with van der Waals surface area (Å²) in [6.45, 7) is 6.93. The van der Waals surface area contributed by atoms with Crippen LogP contribution in [0.1, 0.15) is 19.8 Å². The fraction of sp³-hybridized carbons (Fsp3) is 0.643. The summed E-state index contributed by atoms with van der Waals surface area (Å²) in [7, 11) is 0. The molecule has 1 atom stereocenters. The van der Waals surface area contributed by atoms with Crippen molar-refractivity contribution < 1.29 is 0 Å². The molecule has 0 amide bonds. The predicted octanol–water partition coefficient (Wildman–Crippen LogP) is 1.58. The lowest BCUT2D eigenvalue weighted by Gasteiger charge is -2.40. The predicted molar refractivity (Wildman–Crippen MR) is 74.6 cm³/mol. The van der Waals surface area contributed by atoms with Gasteiger partial charge in [0.1, 0.15) is 5.82 Å². The zero-order chi connectivity index (χ0) is 12.5. The first-order chi connectivity index (χ1) is 8.72. The van der Waals surface area contributed by atoms with E-state index in [0.29, 0.717) is 6.04 Å². The molecule has 18 heavy (non-hydrogen) atoms. The van der Waals surface area contributed by atoms with E-state index in [0.717, 1.165) is 37.1 Å². The van der Waals surface area contributed by atoms with Gasteiger partial charge < -0.3 is 10.6 Å². The average molecular weight is 246 g/mol. The number of nitrogens with two attached hydrogens (primary N) is 1. The van der Waals surface area contributed by atoms with E-state index in [1.54, 1.807) is 6.20 Å². The van der Waals surface area contributed by atoms with Crippen LogP contribution in [0.4, 0.5) is 11.5 Å². The van der Waals surface area contributed by atoms with Gasteiger partial charge in [-0.3, -0.25) is 4.90 Å². The second-order valence-corrected chi connectivity index (χ2v) is 5.68. The minimum atomic E-state index is 0.624. The van der Waals surface area contributed by atoms with Crippen molar-refractivity contribution >= 4 is 11.5 Å². The van der Waals surface area contributed by atoms with Gasteiger partial charge >= 0.3 is 0 Å². The van der Waals surface area contributed by atoms with Gasteiger partial charge in [-0.25, -0.2) is 4.98 Å². The Labute approximate surface area is 109 Å². The van der Waals surface area contributed by atoms with Crippen LogP contribution in [0.5, 0.6) is 0 Å². The Bertz CT molecular complexity index is 399. The molecule has 98 valence electrons. The van der Waals surface area contributed by atoms with Crippen LogP contribution >= 0.6 is 0 Å².